The highest BCUT2D eigenvalue weighted by Gasteiger charge is 2.37. The minimum absolute atomic E-state index is 0.0907. The number of carboxylic acids is 1. The predicted molar refractivity (Wildman–Crippen MR) is 102 cm³/mol. The molecule has 1 aromatic rings. The maximum Gasteiger partial charge on any atom is 0.414 e. The number of ether oxygens (including phenoxy) is 2. The van der Waals surface area contributed by atoms with Crippen molar-refractivity contribution in [2.45, 2.75) is 43.5 Å². The van der Waals surface area contributed by atoms with Crippen LogP contribution in [-0.4, -0.2) is 59.2 Å². The molecule has 9 nitrogen and oxygen atoms in total. The number of carboxylic acid groups (broad SMARTS) is 1. The maximum atomic E-state index is 12.5. The fourth-order valence-electron chi connectivity index (χ4n) is 3.00. The molecule has 1 aliphatic carbocycles. The highest BCUT2D eigenvalue weighted by atomic mass is 16.6. The molecule has 1 unspecified atom stereocenters. The molecule has 0 heterocycles. The zero-order valence-electron chi connectivity index (χ0n) is 16.3. The molecule has 3 N–H and O–H groups in total. The monoisotopic (exact) mass is 407 g/mol. The van der Waals surface area contributed by atoms with Crippen LogP contribution in [0, 0.1) is 0 Å². The lowest BCUT2D eigenvalue weighted by atomic mass is 9.88. The molecule has 0 radical (unpaired) electrons. The van der Waals surface area contributed by atoms with Crippen LogP contribution >= 0.6 is 0 Å². The van der Waals surface area contributed by atoms with E-state index < -0.39 is 35.8 Å². The lowest BCUT2D eigenvalue weighted by Gasteiger charge is -2.28. The molecule has 1 aromatic carbocycles. The fraction of sp³-hybridized carbons (Fsp3) is 0.450. The van der Waals surface area contributed by atoms with Gasteiger partial charge >= 0.3 is 18.0 Å². The summed E-state index contributed by atoms with van der Waals surface area (Å²) in [7, 11) is 2.70. The van der Waals surface area contributed by atoms with E-state index in [1.807, 2.05) is 0 Å². The molecule has 0 fully saturated rings. The van der Waals surface area contributed by atoms with Gasteiger partial charge in [-0.05, 0) is 49.5 Å². The van der Waals surface area contributed by atoms with Crippen LogP contribution in [0.4, 0.5) is 10.5 Å². The standard InChI is InChI=1S/C20H25NO8/c1-21(14-8-6-13(7-9-14)16(22)17(23)24)19(26)29-15-5-3-4-11-20(27,12-10-15)18(25)28-2/h3,5-9,15-16,22,27H,4,10-12H2,1-2H3,(H,23,24)/b5-3+/t15-,16?,20-/m0/s1. The van der Waals surface area contributed by atoms with Gasteiger partial charge in [-0.1, -0.05) is 18.2 Å². The number of carbonyl (C=O) groups excluding carboxylic acids is 2. The van der Waals surface area contributed by atoms with Crippen molar-refractivity contribution in [2.24, 2.45) is 0 Å². The summed E-state index contributed by atoms with van der Waals surface area (Å²) >= 11 is 0. The molecule has 3 atom stereocenters. The third-order valence-corrected chi connectivity index (χ3v) is 4.84. The molecular weight excluding hydrogens is 382 g/mol. The number of allylic oxidation sites excluding steroid dienone is 1. The number of esters is 1. The Balaban J connectivity index is 2.02. The zero-order valence-corrected chi connectivity index (χ0v) is 16.3. The van der Waals surface area contributed by atoms with Gasteiger partial charge in [0.2, 0.25) is 0 Å². The molecule has 1 aliphatic rings. The lowest BCUT2D eigenvalue weighted by Crippen LogP contribution is -2.41. The Labute approximate surface area is 168 Å². The van der Waals surface area contributed by atoms with Gasteiger partial charge in [0.25, 0.3) is 0 Å². The van der Waals surface area contributed by atoms with Crippen LogP contribution in [0.25, 0.3) is 0 Å². The van der Waals surface area contributed by atoms with E-state index in [-0.39, 0.29) is 24.8 Å². The topological polar surface area (TPSA) is 134 Å². The van der Waals surface area contributed by atoms with E-state index in [0.717, 1.165) is 0 Å². The van der Waals surface area contributed by atoms with Crippen molar-refractivity contribution in [1.82, 2.24) is 0 Å². The summed E-state index contributed by atoms with van der Waals surface area (Å²) in [5.74, 6) is -2.08. The summed E-state index contributed by atoms with van der Waals surface area (Å²) in [5, 5.41) is 28.8. The fourth-order valence-corrected chi connectivity index (χ4v) is 3.00. The number of hydrogen-bond donors (Lipinski definition) is 3. The van der Waals surface area contributed by atoms with Crippen LogP contribution in [0.1, 0.15) is 37.4 Å². The van der Waals surface area contributed by atoms with E-state index in [2.05, 4.69) is 4.74 Å². The van der Waals surface area contributed by atoms with Crippen LogP contribution in [0.3, 0.4) is 0 Å². The van der Waals surface area contributed by atoms with Gasteiger partial charge in [-0.3, -0.25) is 4.90 Å². The summed E-state index contributed by atoms with van der Waals surface area (Å²) < 4.78 is 10.1. The number of rotatable bonds is 5. The van der Waals surface area contributed by atoms with Gasteiger partial charge in [0, 0.05) is 12.7 Å². The molecule has 0 saturated heterocycles. The Morgan fingerprint density at radius 1 is 1.21 bits per heavy atom. The summed E-state index contributed by atoms with van der Waals surface area (Å²) in [6, 6.07) is 5.80. The Morgan fingerprint density at radius 3 is 2.45 bits per heavy atom. The van der Waals surface area contributed by atoms with Gasteiger partial charge in [0.05, 0.1) is 7.11 Å². The van der Waals surface area contributed by atoms with Gasteiger partial charge in [0.1, 0.15) is 6.10 Å². The van der Waals surface area contributed by atoms with Crippen molar-refractivity contribution in [3.8, 4) is 0 Å². The maximum absolute atomic E-state index is 12.5. The zero-order chi connectivity index (χ0) is 21.6. The summed E-state index contributed by atoms with van der Waals surface area (Å²) in [4.78, 5) is 36.3. The molecule has 0 aliphatic heterocycles. The number of hydrogen-bond acceptors (Lipinski definition) is 7. The van der Waals surface area contributed by atoms with E-state index in [1.165, 1.54) is 43.3 Å². The smallest absolute Gasteiger partial charge is 0.414 e. The third-order valence-electron chi connectivity index (χ3n) is 4.84. The second kappa shape index (κ2) is 9.53. The van der Waals surface area contributed by atoms with E-state index >= 15 is 0 Å². The van der Waals surface area contributed by atoms with Crippen molar-refractivity contribution in [2.75, 3.05) is 19.1 Å². The number of aliphatic hydroxyl groups is 2. The molecule has 29 heavy (non-hydrogen) atoms. The SMILES string of the molecule is COC(=O)[C@]1(O)CC/C=C/[C@H](OC(=O)N(C)c2ccc(C(O)C(=O)O)cc2)CC1. The van der Waals surface area contributed by atoms with Crippen LogP contribution in [-0.2, 0) is 19.1 Å². The molecule has 9 heteroatoms. The Bertz CT molecular complexity index is 775. The summed E-state index contributed by atoms with van der Waals surface area (Å²) in [6.45, 7) is 0. The van der Waals surface area contributed by atoms with Crippen molar-refractivity contribution >= 4 is 23.7 Å². The number of aliphatic hydroxyl groups excluding tert-OH is 1. The van der Waals surface area contributed by atoms with Gasteiger partial charge in [-0.15, -0.1) is 0 Å². The first-order valence-corrected chi connectivity index (χ1v) is 9.10. The second-order valence-electron chi connectivity index (χ2n) is 6.84. The first kappa shape index (κ1) is 22.4. The summed E-state index contributed by atoms with van der Waals surface area (Å²) in [5.41, 5.74) is -0.984. The number of nitrogens with zero attached hydrogens (tertiary/aromatic N) is 1. The second-order valence-corrected chi connectivity index (χ2v) is 6.84. The molecular formula is C20H25NO8. The van der Waals surface area contributed by atoms with Crippen LogP contribution in [0.2, 0.25) is 0 Å². The van der Waals surface area contributed by atoms with Gasteiger partial charge in [-0.2, -0.15) is 0 Å². The first-order chi connectivity index (χ1) is 13.7. The number of benzene rings is 1. The van der Waals surface area contributed by atoms with Gasteiger partial charge in [-0.25, -0.2) is 14.4 Å². The van der Waals surface area contributed by atoms with Crippen LogP contribution in [0.15, 0.2) is 36.4 Å². The average molecular weight is 407 g/mol. The van der Waals surface area contributed by atoms with Crippen molar-refractivity contribution < 1.29 is 39.2 Å². The molecule has 0 spiro atoms. The van der Waals surface area contributed by atoms with Crippen molar-refractivity contribution in [1.29, 1.82) is 0 Å². The van der Waals surface area contributed by atoms with Gasteiger partial charge in [0.15, 0.2) is 11.7 Å². The van der Waals surface area contributed by atoms with Crippen LogP contribution in [0.5, 0.6) is 0 Å². The number of carbonyl (C=O) groups is 3. The Morgan fingerprint density at radius 2 is 1.86 bits per heavy atom. The lowest BCUT2D eigenvalue weighted by molar-refractivity contribution is -0.164. The van der Waals surface area contributed by atoms with E-state index in [0.29, 0.717) is 12.1 Å². The van der Waals surface area contributed by atoms with E-state index in [1.54, 1.807) is 12.2 Å². The van der Waals surface area contributed by atoms with E-state index in [9.17, 15) is 24.6 Å². The van der Waals surface area contributed by atoms with E-state index in [4.69, 9.17) is 9.84 Å². The molecule has 0 saturated carbocycles. The number of methoxy groups -OCH3 is 1. The Kier molecular flexibility index (Phi) is 7.35. The largest absolute Gasteiger partial charge is 0.479 e. The molecule has 1 amide bonds. The van der Waals surface area contributed by atoms with Crippen LogP contribution < -0.4 is 4.90 Å². The Hall–Kier alpha value is -2.91. The molecule has 0 aromatic heterocycles. The molecule has 0 bridgehead atoms. The normalized spacial score (nSPS) is 23.8. The highest BCUT2D eigenvalue weighted by Crippen LogP contribution is 2.27. The first-order valence-electron chi connectivity index (χ1n) is 9.10. The number of amides is 1. The minimum Gasteiger partial charge on any atom is -0.479 e. The third kappa shape index (κ3) is 5.55. The average Bonchev–Trinajstić information content (AvgIpc) is 2.71. The van der Waals surface area contributed by atoms with Crippen molar-refractivity contribution in [3.05, 3.63) is 42.0 Å². The quantitative estimate of drug-likeness (QED) is 0.497. The predicted octanol–water partition coefficient (Wildman–Crippen LogP) is 1.78. The minimum atomic E-state index is -1.64. The number of aliphatic carboxylic acids is 1. The summed E-state index contributed by atoms with van der Waals surface area (Å²) in [6.07, 6.45) is 1.52. The van der Waals surface area contributed by atoms with Crippen molar-refractivity contribution in [3.63, 3.8) is 0 Å². The molecule has 2 rings (SSSR count). The van der Waals surface area contributed by atoms with Gasteiger partial charge < -0.3 is 24.8 Å². The number of anilines is 1. The molecule has 158 valence electrons. The highest BCUT2D eigenvalue weighted by molar-refractivity contribution is 5.87.